The Labute approximate surface area is 116 Å². The highest BCUT2D eigenvalue weighted by atomic mass is 32.1. The maximum absolute atomic E-state index is 12.5. The lowest BCUT2D eigenvalue weighted by Crippen LogP contribution is -2.37. The summed E-state index contributed by atoms with van der Waals surface area (Å²) in [6.45, 7) is 4.57. The zero-order chi connectivity index (χ0) is 13.8. The van der Waals surface area contributed by atoms with E-state index in [9.17, 15) is 4.79 Å². The number of hydrogen-bond donors (Lipinski definition) is 1. The van der Waals surface area contributed by atoms with Crippen LogP contribution in [0.1, 0.15) is 29.2 Å². The largest absolute Gasteiger partial charge is 0.397 e. The van der Waals surface area contributed by atoms with Gasteiger partial charge < -0.3 is 10.6 Å². The smallest absolute Gasteiger partial charge is 0.275 e. The molecule has 5 heteroatoms. The average Bonchev–Trinajstić information content (AvgIpc) is 2.88. The third-order valence-corrected chi connectivity index (χ3v) is 3.69. The standard InChI is InChI=1S/C14H17N3OS/c1-10(2)17(9-11-5-4-8-19-11)14(18)13-12(15)6-3-7-16-13/h3-8,10H,9,15H2,1-2H3. The summed E-state index contributed by atoms with van der Waals surface area (Å²) < 4.78 is 0. The number of aromatic nitrogens is 1. The van der Waals surface area contributed by atoms with Crippen LogP contribution in [0.25, 0.3) is 0 Å². The van der Waals surface area contributed by atoms with Crippen LogP contribution in [0.2, 0.25) is 0 Å². The van der Waals surface area contributed by atoms with Crippen LogP contribution in [-0.4, -0.2) is 21.8 Å². The molecule has 19 heavy (non-hydrogen) atoms. The monoisotopic (exact) mass is 275 g/mol. The zero-order valence-corrected chi connectivity index (χ0v) is 11.9. The van der Waals surface area contributed by atoms with Gasteiger partial charge in [0.15, 0.2) is 5.69 Å². The van der Waals surface area contributed by atoms with E-state index in [4.69, 9.17) is 5.73 Å². The lowest BCUT2D eigenvalue weighted by atomic mass is 10.2. The first-order valence-electron chi connectivity index (χ1n) is 6.13. The van der Waals surface area contributed by atoms with E-state index < -0.39 is 0 Å². The summed E-state index contributed by atoms with van der Waals surface area (Å²) >= 11 is 1.64. The molecule has 0 saturated heterocycles. The van der Waals surface area contributed by atoms with Crippen LogP contribution >= 0.6 is 11.3 Å². The van der Waals surface area contributed by atoms with Gasteiger partial charge in [0.1, 0.15) is 0 Å². The summed E-state index contributed by atoms with van der Waals surface area (Å²) in [5, 5.41) is 2.01. The van der Waals surface area contributed by atoms with Crippen molar-refractivity contribution in [3.63, 3.8) is 0 Å². The third kappa shape index (κ3) is 3.12. The van der Waals surface area contributed by atoms with Crippen LogP contribution in [0, 0.1) is 0 Å². The highest BCUT2D eigenvalue weighted by Gasteiger charge is 2.22. The lowest BCUT2D eigenvalue weighted by molar-refractivity contribution is 0.0687. The maximum atomic E-state index is 12.5. The van der Waals surface area contributed by atoms with E-state index in [0.29, 0.717) is 17.9 Å². The molecule has 100 valence electrons. The number of rotatable bonds is 4. The first-order valence-corrected chi connectivity index (χ1v) is 7.01. The Bertz CT molecular complexity index is 552. The third-order valence-electron chi connectivity index (χ3n) is 2.83. The Hall–Kier alpha value is -1.88. The molecule has 0 radical (unpaired) electrons. The highest BCUT2D eigenvalue weighted by molar-refractivity contribution is 7.09. The molecule has 0 aliphatic carbocycles. The van der Waals surface area contributed by atoms with Crippen molar-refractivity contribution in [3.05, 3.63) is 46.4 Å². The van der Waals surface area contributed by atoms with Crippen LogP contribution in [0.5, 0.6) is 0 Å². The molecule has 2 rings (SSSR count). The summed E-state index contributed by atoms with van der Waals surface area (Å²) in [7, 11) is 0. The molecule has 2 heterocycles. The second kappa shape index (κ2) is 5.84. The van der Waals surface area contributed by atoms with Gasteiger partial charge in [-0.1, -0.05) is 6.07 Å². The van der Waals surface area contributed by atoms with Gasteiger partial charge >= 0.3 is 0 Å². The molecular weight excluding hydrogens is 258 g/mol. The van der Waals surface area contributed by atoms with Crippen molar-refractivity contribution in [1.29, 1.82) is 0 Å². The van der Waals surface area contributed by atoms with E-state index in [1.54, 1.807) is 34.6 Å². The Balaban J connectivity index is 2.24. The van der Waals surface area contributed by atoms with Crippen molar-refractivity contribution in [2.45, 2.75) is 26.4 Å². The first kappa shape index (κ1) is 13.5. The Kier molecular flexibility index (Phi) is 4.16. The molecule has 0 atom stereocenters. The second-order valence-corrected chi connectivity index (χ2v) is 5.58. The van der Waals surface area contributed by atoms with E-state index >= 15 is 0 Å². The molecule has 0 spiro atoms. The van der Waals surface area contributed by atoms with Gasteiger partial charge in [-0.3, -0.25) is 4.79 Å². The number of carbonyl (C=O) groups is 1. The van der Waals surface area contributed by atoms with Crippen molar-refractivity contribution in [1.82, 2.24) is 9.88 Å². The summed E-state index contributed by atoms with van der Waals surface area (Å²) in [5.41, 5.74) is 6.57. The summed E-state index contributed by atoms with van der Waals surface area (Å²) in [6, 6.07) is 7.53. The van der Waals surface area contributed by atoms with Crippen LogP contribution in [-0.2, 0) is 6.54 Å². The molecule has 0 aliphatic heterocycles. The van der Waals surface area contributed by atoms with Crippen LogP contribution in [0.15, 0.2) is 35.8 Å². The molecule has 0 unspecified atom stereocenters. The number of anilines is 1. The summed E-state index contributed by atoms with van der Waals surface area (Å²) in [6.07, 6.45) is 1.59. The maximum Gasteiger partial charge on any atom is 0.275 e. The van der Waals surface area contributed by atoms with Crippen LogP contribution < -0.4 is 5.73 Å². The second-order valence-electron chi connectivity index (χ2n) is 4.55. The number of amides is 1. The van der Waals surface area contributed by atoms with Gasteiger partial charge in [-0.15, -0.1) is 11.3 Å². The fourth-order valence-corrected chi connectivity index (χ4v) is 2.49. The van der Waals surface area contributed by atoms with Crippen molar-refractivity contribution in [2.75, 3.05) is 5.73 Å². The highest BCUT2D eigenvalue weighted by Crippen LogP contribution is 2.18. The Morgan fingerprint density at radius 3 is 2.79 bits per heavy atom. The number of nitrogen functional groups attached to an aromatic ring is 1. The number of thiophene rings is 1. The molecule has 0 saturated carbocycles. The summed E-state index contributed by atoms with van der Waals surface area (Å²) in [5.74, 6) is -0.124. The minimum atomic E-state index is -0.124. The average molecular weight is 275 g/mol. The van der Waals surface area contributed by atoms with Gasteiger partial charge in [0.05, 0.1) is 12.2 Å². The molecule has 2 N–H and O–H groups in total. The van der Waals surface area contributed by atoms with E-state index in [1.165, 1.54) is 0 Å². The zero-order valence-electron chi connectivity index (χ0n) is 11.0. The van der Waals surface area contributed by atoms with Gasteiger partial charge in [-0.05, 0) is 37.4 Å². The van der Waals surface area contributed by atoms with Crippen LogP contribution in [0.3, 0.4) is 0 Å². The van der Waals surface area contributed by atoms with E-state index in [-0.39, 0.29) is 11.9 Å². The number of carbonyl (C=O) groups excluding carboxylic acids is 1. The van der Waals surface area contributed by atoms with Crippen LogP contribution in [0.4, 0.5) is 5.69 Å². The minimum Gasteiger partial charge on any atom is -0.397 e. The molecule has 2 aromatic rings. The Morgan fingerprint density at radius 2 is 2.21 bits per heavy atom. The van der Waals surface area contributed by atoms with Gasteiger partial charge in [0.25, 0.3) is 5.91 Å². The van der Waals surface area contributed by atoms with Crippen molar-refractivity contribution < 1.29 is 4.79 Å². The van der Waals surface area contributed by atoms with Gasteiger partial charge in [0.2, 0.25) is 0 Å². The molecular formula is C14H17N3OS. The molecule has 0 aliphatic rings. The van der Waals surface area contributed by atoms with Crippen molar-refractivity contribution in [2.24, 2.45) is 0 Å². The normalized spacial score (nSPS) is 10.7. The predicted octanol–water partition coefficient (Wildman–Crippen LogP) is 2.78. The predicted molar refractivity (Wildman–Crippen MR) is 78.0 cm³/mol. The molecule has 2 aromatic heterocycles. The van der Waals surface area contributed by atoms with E-state index in [2.05, 4.69) is 4.98 Å². The van der Waals surface area contributed by atoms with E-state index in [0.717, 1.165) is 4.88 Å². The number of nitrogens with zero attached hydrogens (tertiary/aromatic N) is 2. The van der Waals surface area contributed by atoms with Crippen molar-refractivity contribution >= 4 is 22.9 Å². The van der Waals surface area contributed by atoms with Gasteiger partial charge in [0, 0.05) is 17.1 Å². The number of nitrogens with two attached hydrogens (primary N) is 1. The number of hydrogen-bond acceptors (Lipinski definition) is 4. The van der Waals surface area contributed by atoms with Gasteiger partial charge in [-0.25, -0.2) is 4.98 Å². The fraction of sp³-hybridized carbons (Fsp3) is 0.286. The number of pyridine rings is 1. The SMILES string of the molecule is CC(C)N(Cc1cccs1)C(=O)c1ncccc1N. The fourth-order valence-electron chi connectivity index (χ4n) is 1.79. The minimum absolute atomic E-state index is 0.0935. The van der Waals surface area contributed by atoms with E-state index in [1.807, 2.05) is 31.4 Å². The quantitative estimate of drug-likeness (QED) is 0.933. The summed E-state index contributed by atoms with van der Waals surface area (Å²) in [4.78, 5) is 19.6. The molecule has 0 fully saturated rings. The molecule has 4 nitrogen and oxygen atoms in total. The van der Waals surface area contributed by atoms with Crippen molar-refractivity contribution in [3.8, 4) is 0 Å². The van der Waals surface area contributed by atoms with Gasteiger partial charge in [-0.2, -0.15) is 0 Å². The first-order chi connectivity index (χ1) is 9.09. The molecule has 0 bridgehead atoms. The molecule has 0 aromatic carbocycles. The molecule has 1 amide bonds. The Morgan fingerprint density at radius 1 is 1.42 bits per heavy atom. The lowest BCUT2D eigenvalue weighted by Gasteiger charge is -2.26. The topological polar surface area (TPSA) is 59.2 Å².